The molecule has 11 heteroatoms. The third-order valence-electron chi connectivity index (χ3n) is 6.60. The first-order valence-corrected chi connectivity index (χ1v) is 14.8. The van der Waals surface area contributed by atoms with Gasteiger partial charge in [0.2, 0.25) is 21.8 Å². The predicted octanol–water partition coefficient (Wildman–Crippen LogP) is 5.28. The molecule has 216 valence electrons. The van der Waals surface area contributed by atoms with Crippen LogP contribution in [0.25, 0.3) is 0 Å². The van der Waals surface area contributed by atoms with Crippen LogP contribution in [0.5, 0.6) is 0 Å². The Morgan fingerprint density at radius 3 is 2.26 bits per heavy atom. The molecule has 0 radical (unpaired) electrons. The van der Waals surface area contributed by atoms with Gasteiger partial charge in [0, 0.05) is 25.6 Å². The summed E-state index contributed by atoms with van der Waals surface area (Å²) in [5.74, 6) is -0.614. The zero-order valence-corrected chi connectivity index (χ0v) is 23.9. The number of aryl methyl sites for hydroxylation is 1. The molecular formula is C28H38F3N3O4S. The molecule has 0 heterocycles. The van der Waals surface area contributed by atoms with Gasteiger partial charge in [0.05, 0.1) is 17.5 Å². The van der Waals surface area contributed by atoms with Crippen molar-refractivity contribution in [2.24, 2.45) is 0 Å². The Kier molecular flexibility index (Phi) is 11.4. The van der Waals surface area contributed by atoms with Gasteiger partial charge in [-0.15, -0.1) is 0 Å². The Hall–Kier alpha value is -3.08. The molecule has 0 aliphatic carbocycles. The molecule has 2 aromatic carbocycles. The third-order valence-corrected chi connectivity index (χ3v) is 7.80. The third kappa shape index (κ3) is 9.26. The maximum atomic E-state index is 13.5. The predicted molar refractivity (Wildman–Crippen MR) is 147 cm³/mol. The van der Waals surface area contributed by atoms with Crippen molar-refractivity contribution < 1.29 is 31.2 Å². The maximum absolute atomic E-state index is 13.5. The quantitative estimate of drug-likeness (QED) is 0.356. The molecule has 0 unspecified atom stereocenters. The molecule has 2 rings (SSSR count). The Morgan fingerprint density at radius 2 is 1.69 bits per heavy atom. The standard InChI is InChI=1S/C28H38F3N3O4S/c1-6-21(4)32-27(36)25(7-2)33(19-22-13-9-8-12-20(22)3)26(35)16-11-17-34(39(5,37)38)24-15-10-14-23(18-24)28(29,30)31/h8-10,12-15,18,21,25H,6-7,11,16-17,19H2,1-5H3,(H,32,36)/t21-,25-/m0/s1. The lowest BCUT2D eigenvalue weighted by Crippen LogP contribution is -2.50. The van der Waals surface area contributed by atoms with Crippen LogP contribution in [-0.4, -0.2) is 50.0 Å². The molecule has 2 amide bonds. The van der Waals surface area contributed by atoms with E-state index >= 15 is 0 Å². The van der Waals surface area contributed by atoms with Gasteiger partial charge in [-0.3, -0.25) is 13.9 Å². The number of alkyl halides is 3. The molecule has 0 spiro atoms. The van der Waals surface area contributed by atoms with E-state index in [1.165, 1.54) is 11.0 Å². The molecule has 0 saturated carbocycles. The number of amides is 2. The Balaban J connectivity index is 2.28. The van der Waals surface area contributed by atoms with Crippen molar-refractivity contribution in [1.29, 1.82) is 0 Å². The lowest BCUT2D eigenvalue weighted by atomic mass is 10.0. The summed E-state index contributed by atoms with van der Waals surface area (Å²) in [6.07, 6.45) is -2.66. The SMILES string of the molecule is CC[C@H](C)NC(=O)[C@H](CC)N(Cc1ccccc1C)C(=O)CCCN(c1cccc(C(F)(F)F)c1)S(C)(=O)=O. The highest BCUT2D eigenvalue weighted by atomic mass is 32.2. The second kappa shape index (κ2) is 13.8. The summed E-state index contributed by atoms with van der Waals surface area (Å²) in [7, 11) is -3.93. The normalized spacial score (nSPS) is 13.4. The van der Waals surface area contributed by atoms with Crippen molar-refractivity contribution in [3.05, 3.63) is 65.2 Å². The first kappa shape index (κ1) is 32.1. The summed E-state index contributed by atoms with van der Waals surface area (Å²) < 4.78 is 65.4. The zero-order valence-electron chi connectivity index (χ0n) is 23.1. The van der Waals surface area contributed by atoms with Crippen LogP contribution in [0.15, 0.2) is 48.5 Å². The van der Waals surface area contributed by atoms with E-state index in [1.54, 1.807) is 0 Å². The van der Waals surface area contributed by atoms with E-state index in [-0.39, 0.29) is 49.5 Å². The van der Waals surface area contributed by atoms with Crippen LogP contribution in [0.4, 0.5) is 18.9 Å². The Labute approximate surface area is 229 Å². The number of carbonyl (C=O) groups excluding carboxylic acids is 2. The molecule has 0 aliphatic heterocycles. The van der Waals surface area contributed by atoms with Gasteiger partial charge >= 0.3 is 6.18 Å². The number of anilines is 1. The van der Waals surface area contributed by atoms with Crippen molar-refractivity contribution in [1.82, 2.24) is 10.2 Å². The van der Waals surface area contributed by atoms with Crippen LogP contribution >= 0.6 is 0 Å². The minimum atomic E-state index is -4.63. The topological polar surface area (TPSA) is 86.8 Å². The van der Waals surface area contributed by atoms with E-state index in [1.807, 2.05) is 52.0 Å². The molecule has 39 heavy (non-hydrogen) atoms. The summed E-state index contributed by atoms with van der Waals surface area (Å²) in [6.45, 7) is 7.56. The molecule has 2 atom stereocenters. The molecule has 7 nitrogen and oxygen atoms in total. The molecule has 0 fully saturated rings. The Morgan fingerprint density at radius 1 is 1.03 bits per heavy atom. The van der Waals surface area contributed by atoms with E-state index in [0.29, 0.717) is 6.42 Å². The molecule has 0 aromatic heterocycles. The number of sulfonamides is 1. The fraction of sp³-hybridized carbons (Fsp3) is 0.500. The van der Waals surface area contributed by atoms with E-state index in [0.717, 1.165) is 46.3 Å². The summed E-state index contributed by atoms with van der Waals surface area (Å²) >= 11 is 0. The summed E-state index contributed by atoms with van der Waals surface area (Å²) in [5.41, 5.74) is 0.741. The van der Waals surface area contributed by atoms with Gasteiger partial charge in [-0.2, -0.15) is 13.2 Å². The molecule has 0 aliphatic rings. The van der Waals surface area contributed by atoms with E-state index < -0.39 is 27.8 Å². The number of nitrogens with one attached hydrogen (secondary N) is 1. The van der Waals surface area contributed by atoms with Gasteiger partial charge < -0.3 is 10.2 Å². The highest BCUT2D eigenvalue weighted by molar-refractivity contribution is 7.92. The fourth-order valence-electron chi connectivity index (χ4n) is 4.17. The summed E-state index contributed by atoms with van der Waals surface area (Å²) in [6, 6.07) is 10.8. The monoisotopic (exact) mass is 569 g/mol. The first-order valence-electron chi connectivity index (χ1n) is 13.0. The molecule has 1 N–H and O–H groups in total. The second-order valence-corrected chi connectivity index (χ2v) is 11.6. The van der Waals surface area contributed by atoms with E-state index in [4.69, 9.17) is 0 Å². The number of hydrogen-bond donors (Lipinski definition) is 1. The summed E-state index contributed by atoms with van der Waals surface area (Å²) in [4.78, 5) is 28.1. The Bertz CT molecular complexity index is 1230. The van der Waals surface area contributed by atoms with Gasteiger partial charge in [-0.05, 0) is 62.4 Å². The second-order valence-electron chi connectivity index (χ2n) is 9.68. The number of carbonyl (C=O) groups is 2. The first-order chi connectivity index (χ1) is 18.2. The van der Waals surface area contributed by atoms with Gasteiger partial charge in [-0.1, -0.05) is 44.2 Å². The van der Waals surface area contributed by atoms with Crippen LogP contribution in [0.2, 0.25) is 0 Å². The summed E-state index contributed by atoms with van der Waals surface area (Å²) in [5, 5.41) is 2.94. The fourth-order valence-corrected chi connectivity index (χ4v) is 5.13. The number of nitrogens with zero attached hydrogens (tertiary/aromatic N) is 2. The average molecular weight is 570 g/mol. The number of rotatable bonds is 13. The maximum Gasteiger partial charge on any atom is 0.416 e. The van der Waals surface area contributed by atoms with Gasteiger partial charge in [0.1, 0.15) is 6.04 Å². The van der Waals surface area contributed by atoms with Gasteiger partial charge in [-0.25, -0.2) is 8.42 Å². The number of benzene rings is 2. The van der Waals surface area contributed by atoms with Crippen LogP contribution < -0.4 is 9.62 Å². The van der Waals surface area contributed by atoms with E-state index in [2.05, 4.69) is 5.32 Å². The average Bonchev–Trinajstić information content (AvgIpc) is 2.86. The number of halogens is 3. The minimum absolute atomic E-state index is 0.0514. The van der Waals surface area contributed by atoms with Crippen molar-refractivity contribution >= 4 is 27.5 Å². The lowest BCUT2D eigenvalue weighted by Gasteiger charge is -2.32. The smallest absolute Gasteiger partial charge is 0.352 e. The number of hydrogen-bond acceptors (Lipinski definition) is 4. The van der Waals surface area contributed by atoms with Crippen molar-refractivity contribution in [3.63, 3.8) is 0 Å². The van der Waals surface area contributed by atoms with Gasteiger partial charge in [0.15, 0.2) is 0 Å². The van der Waals surface area contributed by atoms with E-state index in [9.17, 15) is 31.2 Å². The van der Waals surface area contributed by atoms with Crippen LogP contribution in [-0.2, 0) is 32.3 Å². The highest BCUT2D eigenvalue weighted by Gasteiger charge is 2.32. The van der Waals surface area contributed by atoms with Crippen molar-refractivity contribution in [2.75, 3.05) is 17.1 Å². The lowest BCUT2D eigenvalue weighted by molar-refractivity contribution is -0.141. The van der Waals surface area contributed by atoms with Crippen molar-refractivity contribution in [2.45, 2.75) is 78.2 Å². The van der Waals surface area contributed by atoms with Crippen molar-refractivity contribution in [3.8, 4) is 0 Å². The van der Waals surface area contributed by atoms with Crippen LogP contribution in [0.1, 0.15) is 63.1 Å². The largest absolute Gasteiger partial charge is 0.416 e. The van der Waals surface area contributed by atoms with Crippen LogP contribution in [0, 0.1) is 6.92 Å². The zero-order chi connectivity index (χ0) is 29.4. The molecule has 0 saturated heterocycles. The van der Waals surface area contributed by atoms with Gasteiger partial charge in [0.25, 0.3) is 0 Å². The highest BCUT2D eigenvalue weighted by Crippen LogP contribution is 2.32. The molecule has 0 bridgehead atoms. The molecular weight excluding hydrogens is 531 g/mol. The molecule has 2 aromatic rings. The van der Waals surface area contributed by atoms with Crippen LogP contribution in [0.3, 0.4) is 0 Å². The minimum Gasteiger partial charge on any atom is -0.352 e.